The number of allylic oxidation sites excluding steroid dienone is 7. The summed E-state index contributed by atoms with van der Waals surface area (Å²) in [6.07, 6.45) is 10.1. The molecule has 0 saturated heterocycles. The van der Waals surface area contributed by atoms with Gasteiger partial charge in [-0.25, -0.2) is 0 Å². The largest absolute Gasteiger partial charge is 0.312 e. The summed E-state index contributed by atoms with van der Waals surface area (Å²) < 4.78 is 0. The molecule has 0 heterocycles. The van der Waals surface area contributed by atoms with Crippen LogP contribution in [0.4, 0.5) is 0 Å². The molecule has 0 aliphatic heterocycles. The van der Waals surface area contributed by atoms with Crippen molar-refractivity contribution in [1.29, 1.82) is 5.41 Å². The number of hydrogen-bond acceptors (Lipinski definition) is 2. The highest BCUT2D eigenvalue weighted by Crippen LogP contribution is 2.14. The third-order valence-corrected chi connectivity index (χ3v) is 2.60. The zero-order valence-corrected chi connectivity index (χ0v) is 11.8. The Hall–Kier alpha value is -1.70. The van der Waals surface area contributed by atoms with Crippen molar-refractivity contribution in [3.05, 3.63) is 47.6 Å². The van der Waals surface area contributed by atoms with Crippen LogP contribution in [0.2, 0.25) is 0 Å². The average Bonchev–Trinajstić information content (AvgIpc) is 2.32. The molecule has 0 aliphatic carbocycles. The molecule has 98 valence electrons. The van der Waals surface area contributed by atoms with Gasteiger partial charge >= 0.3 is 0 Å². The van der Waals surface area contributed by atoms with Crippen molar-refractivity contribution in [1.82, 2.24) is 0 Å². The third kappa shape index (κ3) is 6.14. The normalized spacial score (nSPS) is 14.7. The van der Waals surface area contributed by atoms with Crippen molar-refractivity contribution < 1.29 is 4.79 Å². The van der Waals surface area contributed by atoms with Crippen LogP contribution >= 0.6 is 0 Å². The Balaban J connectivity index is 4.89. The number of rotatable bonds is 7. The highest BCUT2D eigenvalue weighted by atomic mass is 16.1. The molecule has 0 aliphatic rings. The maximum absolute atomic E-state index is 11.2. The molecule has 2 nitrogen and oxygen atoms in total. The van der Waals surface area contributed by atoms with Gasteiger partial charge in [-0.3, -0.25) is 4.79 Å². The number of Topliss-reactive ketones (excluding diaryl/α,β-unsaturated/α-hetero) is 1. The molecule has 0 spiro atoms. The second-order valence-corrected chi connectivity index (χ2v) is 4.38. The van der Waals surface area contributed by atoms with E-state index in [2.05, 4.69) is 25.7 Å². The highest BCUT2D eigenvalue weighted by Gasteiger charge is 2.08. The van der Waals surface area contributed by atoms with Crippen molar-refractivity contribution in [2.75, 3.05) is 0 Å². The Labute approximate surface area is 110 Å². The smallest absolute Gasteiger partial charge is 0.141 e. The van der Waals surface area contributed by atoms with Gasteiger partial charge in [-0.1, -0.05) is 43.4 Å². The number of carbonyl (C=O) groups is 1. The third-order valence-electron chi connectivity index (χ3n) is 2.60. The van der Waals surface area contributed by atoms with E-state index in [1.165, 1.54) is 6.92 Å². The van der Waals surface area contributed by atoms with E-state index in [9.17, 15) is 4.79 Å². The Kier molecular flexibility index (Phi) is 7.61. The predicted molar refractivity (Wildman–Crippen MR) is 79.0 cm³/mol. The molecule has 0 aromatic heterocycles. The SMILES string of the molecule is C=C(/C=C(C)\C=C/CC)/C(C)=C/C(C=N)C(C)=O. The predicted octanol–water partition coefficient (Wildman–Crippen LogP) is 4.26. The molecule has 0 aromatic rings. The molecule has 18 heavy (non-hydrogen) atoms. The van der Waals surface area contributed by atoms with Crippen LogP contribution in [0.15, 0.2) is 47.6 Å². The van der Waals surface area contributed by atoms with Crippen LogP contribution in [0, 0.1) is 11.3 Å². The maximum atomic E-state index is 11.2. The number of ketones is 1. The van der Waals surface area contributed by atoms with Gasteiger partial charge in [0.1, 0.15) is 5.78 Å². The lowest BCUT2D eigenvalue weighted by Crippen LogP contribution is -2.09. The molecule has 1 N–H and O–H groups in total. The molecule has 0 bridgehead atoms. The van der Waals surface area contributed by atoms with Gasteiger partial charge < -0.3 is 5.41 Å². The molecule has 0 rings (SSSR count). The fraction of sp³-hybridized carbons (Fsp3) is 0.375. The summed E-state index contributed by atoms with van der Waals surface area (Å²) in [4.78, 5) is 11.2. The molecular weight excluding hydrogens is 222 g/mol. The van der Waals surface area contributed by atoms with E-state index in [1.807, 2.05) is 19.9 Å². The quantitative estimate of drug-likeness (QED) is 0.528. The second kappa shape index (κ2) is 8.40. The lowest BCUT2D eigenvalue weighted by atomic mass is 9.99. The summed E-state index contributed by atoms with van der Waals surface area (Å²) in [5, 5.41) is 7.21. The van der Waals surface area contributed by atoms with E-state index in [1.54, 1.807) is 6.08 Å². The summed E-state index contributed by atoms with van der Waals surface area (Å²) in [6, 6.07) is 0. The molecule has 0 saturated carbocycles. The molecule has 0 fully saturated rings. The Bertz CT molecular complexity index is 411. The summed E-state index contributed by atoms with van der Waals surface area (Å²) in [5.41, 5.74) is 2.94. The Morgan fingerprint density at radius 2 is 1.94 bits per heavy atom. The zero-order valence-electron chi connectivity index (χ0n) is 11.8. The Morgan fingerprint density at radius 1 is 1.33 bits per heavy atom. The van der Waals surface area contributed by atoms with Crippen LogP contribution < -0.4 is 0 Å². The summed E-state index contributed by atoms with van der Waals surface area (Å²) in [6.45, 7) is 11.5. The standard InChI is InChI=1S/C16H23NO/c1-6-7-8-12(2)9-13(3)14(4)10-16(11-17)15(5)18/h7-11,16-17H,3,6H2,1-2,4-5H3/b8-7-,12-9-,14-10+,17-11?. The molecule has 0 radical (unpaired) electrons. The van der Waals surface area contributed by atoms with Crippen molar-refractivity contribution in [3.8, 4) is 0 Å². The minimum absolute atomic E-state index is 0.0243. The van der Waals surface area contributed by atoms with E-state index >= 15 is 0 Å². The van der Waals surface area contributed by atoms with E-state index in [-0.39, 0.29) is 5.78 Å². The van der Waals surface area contributed by atoms with E-state index in [0.29, 0.717) is 0 Å². The van der Waals surface area contributed by atoms with Crippen LogP contribution in [-0.4, -0.2) is 12.0 Å². The first-order chi connectivity index (χ1) is 8.42. The molecule has 1 atom stereocenters. The topological polar surface area (TPSA) is 40.9 Å². The molecule has 2 heteroatoms. The fourth-order valence-electron chi connectivity index (χ4n) is 1.40. The maximum Gasteiger partial charge on any atom is 0.141 e. The zero-order chi connectivity index (χ0) is 14.1. The summed E-state index contributed by atoms with van der Waals surface area (Å²) in [7, 11) is 0. The van der Waals surface area contributed by atoms with Crippen LogP contribution in [-0.2, 0) is 4.79 Å². The number of hydrogen-bond donors (Lipinski definition) is 1. The van der Waals surface area contributed by atoms with E-state index in [4.69, 9.17) is 5.41 Å². The summed E-state index contributed by atoms with van der Waals surface area (Å²) >= 11 is 0. The monoisotopic (exact) mass is 245 g/mol. The molecular formula is C16H23NO. The van der Waals surface area contributed by atoms with Crippen molar-refractivity contribution in [3.63, 3.8) is 0 Å². The Morgan fingerprint density at radius 3 is 2.39 bits per heavy atom. The second-order valence-electron chi connectivity index (χ2n) is 4.38. The van der Waals surface area contributed by atoms with Gasteiger partial charge in [0.25, 0.3) is 0 Å². The average molecular weight is 245 g/mol. The van der Waals surface area contributed by atoms with Crippen LogP contribution in [0.5, 0.6) is 0 Å². The molecule has 0 amide bonds. The lowest BCUT2D eigenvalue weighted by Gasteiger charge is -2.06. The van der Waals surface area contributed by atoms with Crippen LogP contribution in [0.25, 0.3) is 0 Å². The van der Waals surface area contributed by atoms with E-state index in [0.717, 1.165) is 29.4 Å². The van der Waals surface area contributed by atoms with Crippen LogP contribution in [0.3, 0.4) is 0 Å². The van der Waals surface area contributed by atoms with Crippen LogP contribution in [0.1, 0.15) is 34.1 Å². The first-order valence-electron chi connectivity index (χ1n) is 6.16. The van der Waals surface area contributed by atoms with Crippen molar-refractivity contribution in [2.24, 2.45) is 5.92 Å². The highest BCUT2D eigenvalue weighted by molar-refractivity contribution is 5.94. The lowest BCUT2D eigenvalue weighted by molar-refractivity contribution is -0.117. The van der Waals surface area contributed by atoms with Gasteiger partial charge in [-0.15, -0.1) is 0 Å². The molecule has 0 aromatic carbocycles. The van der Waals surface area contributed by atoms with Gasteiger partial charge in [-0.2, -0.15) is 0 Å². The molecule has 1 unspecified atom stereocenters. The fourth-order valence-corrected chi connectivity index (χ4v) is 1.40. The van der Waals surface area contributed by atoms with Crippen molar-refractivity contribution >= 4 is 12.0 Å². The summed E-state index contributed by atoms with van der Waals surface area (Å²) in [5.74, 6) is -0.467. The van der Waals surface area contributed by atoms with E-state index < -0.39 is 5.92 Å². The minimum atomic E-state index is -0.443. The van der Waals surface area contributed by atoms with Gasteiger partial charge in [0.2, 0.25) is 0 Å². The minimum Gasteiger partial charge on any atom is -0.312 e. The van der Waals surface area contributed by atoms with Gasteiger partial charge in [0.15, 0.2) is 0 Å². The van der Waals surface area contributed by atoms with Gasteiger partial charge in [-0.05, 0) is 38.3 Å². The van der Waals surface area contributed by atoms with Gasteiger partial charge in [0, 0.05) is 6.21 Å². The first kappa shape index (κ1) is 16.3. The first-order valence-corrected chi connectivity index (χ1v) is 6.16. The number of carbonyl (C=O) groups excluding carboxylic acids is 1. The number of nitrogens with one attached hydrogen (secondary N) is 1. The van der Waals surface area contributed by atoms with Gasteiger partial charge in [0.05, 0.1) is 5.92 Å². The van der Waals surface area contributed by atoms with Crippen molar-refractivity contribution in [2.45, 2.75) is 34.1 Å².